The van der Waals surface area contributed by atoms with Crippen LogP contribution in [-0.4, -0.2) is 68.0 Å². The Bertz CT molecular complexity index is 1960. The largest absolute Gasteiger partial charge is 0.508 e. The average Bonchev–Trinajstić information content (AvgIpc) is 3.48. The molecule has 0 radical (unpaired) electrons. The summed E-state index contributed by atoms with van der Waals surface area (Å²) >= 11 is 0. The van der Waals surface area contributed by atoms with Crippen molar-refractivity contribution in [3.8, 4) is 11.5 Å². The lowest BCUT2D eigenvalue weighted by molar-refractivity contribution is -0.165. The van der Waals surface area contributed by atoms with Crippen molar-refractivity contribution in [3.05, 3.63) is 82.0 Å². The molecule has 330 valence electrons. The van der Waals surface area contributed by atoms with Gasteiger partial charge in [-0.1, -0.05) is 77.0 Å². The average molecular weight is 829 g/mol. The van der Waals surface area contributed by atoms with Crippen LogP contribution >= 0.6 is 0 Å². The molecule has 0 aromatic heterocycles. The first-order valence-corrected chi connectivity index (χ1v) is 22.2. The number of ether oxygens (including phenoxy) is 1. The van der Waals surface area contributed by atoms with Crippen LogP contribution in [-0.2, 0) is 14.3 Å². The standard InChI is InChI=1S/C51H72O9/c1-32(12-10-14-33(2)30-52)13-11-15-35(28-42(56)37-29-36(54)17-19-41(37)55)46(58)60-45(51(9,59)31-53)21-16-34(3)38-22-26-50(8)40-18-20-43-47(4,5)44(57)24-25-48(43,6)39(40)23-27-49(38,50)7/h13-14,17-19,23,28-29,34,38,43,45,52-55,59H,10-12,15-16,20-22,24-27,30-31H2,1-9H3/b32-13+,33-14+,35-28-/t34-,38-,43?,45+,48-,49-,50+,51?/m1/s1. The van der Waals surface area contributed by atoms with Gasteiger partial charge in [0.25, 0.3) is 0 Å². The summed E-state index contributed by atoms with van der Waals surface area (Å²) in [6.07, 6.45) is 17.4. The van der Waals surface area contributed by atoms with E-state index in [0.717, 1.165) is 68.2 Å². The van der Waals surface area contributed by atoms with Crippen molar-refractivity contribution in [2.75, 3.05) is 13.2 Å². The molecule has 2 unspecified atom stereocenters. The number of phenols is 2. The van der Waals surface area contributed by atoms with Crippen molar-refractivity contribution in [1.29, 1.82) is 0 Å². The topological polar surface area (TPSA) is 162 Å². The van der Waals surface area contributed by atoms with Gasteiger partial charge in [-0.2, -0.15) is 0 Å². The summed E-state index contributed by atoms with van der Waals surface area (Å²) in [4.78, 5) is 40.6. The predicted octanol–water partition coefficient (Wildman–Crippen LogP) is 9.82. The number of fused-ring (bicyclic) bond motifs is 5. The van der Waals surface area contributed by atoms with Crippen molar-refractivity contribution < 1.29 is 44.7 Å². The summed E-state index contributed by atoms with van der Waals surface area (Å²) < 4.78 is 6.07. The van der Waals surface area contributed by atoms with Gasteiger partial charge < -0.3 is 30.3 Å². The van der Waals surface area contributed by atoms with Crippen LogP contribution in [0.25, 0.3) is 0 Å². The van der Waals surface area contributed by atoms with E-state index in [4.69, 9.17) is 4.74 Å². The fourth-order valence-electron chi connectivity index (χ4n) is 11.6. The summed E-state index contributed by atoms with van der Waals surface area (Å²) in [7, 11) is 0. The van der Waals surface area contributed by atoms with Gasteiger partial charge in [-0.3, -0.25) is 9.59 Å². The lowest BCUT2D eigenvalue weighted by Crippen LogP contribution is -2.53. The molecule has 5 rings (SSSR count). The van der Waals surface area contributed by atoms with E-state index in [0.29, 0.717) is 37.4 Å². The third-order valence-corrected chi connectivity index (χ3v) is 15.9. The zero-order chi connectivity index (χ0) is 44.4. The molecule has 4 aliphatic carbocycles. The van der Waals surface area contributed by atoms with Gasteiger partial charge in [0.1, 0.15) is 29.0 Å². The van der Waals surface area contributed by atoms with Crippen LogP contribution in [0.2, 0.25) is 0 Å². The Hall–Kier alpha value is -3.79. The van der Waals surface area contributed by atoms with Crippen LogP contribution in [0, 0.1) is 39.4 Å². The van der Waals surface area contributed by atoms with Gasteiger partial charge in [-0.15, -0.1) is 0 Å². The van der Waals surface area contributed by atoms with Crippen molar-refractivity contribution in [2.45, 2.75) is 151 Å². The van der Waals surface area contributed by atoms with E-state index < -0.39 is 30.1 Å². The maximum absolute atomic E-state index is 14.1. The number of Topliss-reactive ketones (excluding diaryl/α,β-unsaturated/α-hetero) is 1. The van der Waals surface area contributed by atoms with Crippen LogP contribution < -0.4 is 0 Å². The van der Waals surface area contributed by atoms with Gasteiger partial charge in [0.15, 0.2) is 5.78 Å². The van der Waals surface area contributed by atoms with Crippen LogP contribution in [0.15, 0.2) is 76.4 Å². The molecular formula is C51H72O9. The molecular weight excluding hydrogens is 757 g/mol. The predicted molar refractivity (Wildman–Crippen MR) is 235 cm³/mol. The first-order valence-electron chi connectivity index (χ1n) is 22.2. The SMILES string of the molecule is C/C(=C\CC/C(C)=C/CC/C(=C/C(=O)c1cc(O)ccc1O)C(=O)O[C@@H](CC[C@@H](C)[C@H]1CC[C@@]2(C)C3=CCC4C(C)(C)C(=O)CC[C@]4(C)C3=CC[C@]12C)C(C)(O)CO)CO. The number of aromatic hydroxyl groups is 2. The van der Waals surface area contributed by atoms with Crippen LogP contribution in [0.5, 0.6) is 11.5 Å². The highest BCUT2D eigenvalue weighted by Crippen LogP contribution is 2.71. The number of hydrogen-bond acceptors (Lipinski definition) is 9. The summed E-state index contributed by atoms with van der Waals surface area (Å²) in [5.74, 6) is -0.810. The maximum atomic E-state index is 14.1. The zero-order valence-electron chi connectivity index (χ0n) is 37.7. The third-order valence-electron chi connectivity index (χ3n) is 15.9. The molecule has 60 heavy (non-hydrogen) atoms. The number of aliphatic hydroxyl groups is 3. The molecule has 0 bridgehead atoms. The fraction of sp³-hybridized carbons (Fsp3) is 0.627. The van der Waals surface area contributed by atoms with E-state index in [2.05, 4.69) is 53.7 Å². The van der Waals surface area contributed by atoms with Gasteiger partial charge in [-0.05, 0) is 161 Å². The van der Waals surface area contributed by atoms with E-state index in [1.54, 1.807) is 0 Å². The van der Waals surface area contributed by atoms with Gasteiger partial charge in [0.05, 0.1) is 18.8 Å². The van der Waals surface area contributed by atoms with Crippen LogP contribution in [0.4, 0.5) is 0 Å². The van der Waals surface area contributed by atoms with Gasteiger partial charge in [0.2, 0.25) is 0 Å². The monoisotopic (exact) mass is 829 g/mol. The van der Waals surface area contributed by atoms with Gasteiger partial charge >= 0.3 is 5.97 Å². The molecule has 1 aromatic carbocycles. The Morgan fingerprint density at radius 1 is 0.950 bits per heavy atom. The van der Waals surface area contributed by atoms with E-state index >= 15 is 0 Å². The molecule has 9 heteroatoms. The molecule has 4 aliphatic rings. The fourth-order valence-corrected chi connectivity index (χ4v) is 11.6. The summed E-state index contributed by atoms with van der Waals surface area (Å²) in [6.45, 7) is 18.5. The van der Waals surface area contributed by atoms with E-state index in [9.17, 15) is 39.9 Å². The minimum absolute atomic E-state index is 0.00527. The normalized spacial score (nSPS) is 29.9. The minimum Gasteiger partial charge on any atom is -0.508 e. The number of carbonyl (C=O) groups is 3. The second kappa shape index (κ2) is 18.3. The Balaban J connectivity index is 1.34. The number of allylic oxidation sites excluding steroid dienone is 8. The second-order valence-corrected chi connectivity index (χ2v) is 20.2. The van der Waals surface area contributed by atoms with Crippen molar-refractivity contribution >= 4 is 17.5 Å². The third kappa shape index (κ3) is 9.19. The Morgan fingerprint density at radius 3 is 2.32 bits per heavy atom. The quantitative estimate of drug-likeness (QED) is 0.0339. The number of rotatable bonds is 17. The first-order chi connectivity index (χ1) is 28.0. The number of benzene rings is 1. The smallest absolute Gasteiger partial charge is 0.334 e. The highest BCUT2D eigenvalue weighted by molar-refractivity contribution is 6.10. The molecule has 5 N–H and O–H groups in total. The molecule has 8 atom stereocenters. The Labute approximate surface area is 358 Å². The van der Waals surface area contributed by atoms with E-state index in [-0.39, 0.29) is 69.2 Å². The molecule has 0 spiro atoms. The van der Waals surface area contributed by atoms with Gasteiger partial charge in [0, 0.05) is 17.4 Å². The molecule has 0 saturated heterocycles. The van der Waals surface area contributed by atoms with E-state index in [1.165, 1.54) is 30.2 Å². The number of carbonyl (C=O) groups excluding carboxylic acids is 3. The zero-order valence-corrected chi connectivity index (χ0v) is 37.7. The highest BCUT2D eigenvalue weighted by Gasteiger charge is 2.63. The first kappa shape index (κ1) is 47.3. The molecule has 0 aliphatic heterocycles. The molecule has 0 amide bonds. The molecule has 1 aromatic rings. The maximum Gasteiger partial charge on any atom is 0.334 e. The van der Waals surface area contributed by atoms with E-state index in [1.807, 2.05) is 26.0 Å². The minimum atomic E-state index is -1.75. The van der Waals surface area contributed by atoms with Crippen molar-refractivity contribution in [3.63, 3.8) is 0 Å². The number of ketones is 2. The molecule has 9 nitrogen and oxygen atoms in total. The highest BCUT2D eigenvalue weighted by atomic mass is 16.6. The number of hydrogen-bond donors (Lipinski definition) is 5. The van der Waals surface area contributed by atoms with Crippen molar-refractivity contribution in [1.82, 2.24) is 0 Å². The Kier molecular flexibility index (Phi) is 14.4. The summed E-state index contributed by atoms with van der Waals surface area (Å²) in [5, 5.41) is 51.5. The molecule has 0 heterocycles. The lowest BCUT2D eigenvalue weighted by Gasteiger charge is -2.59. The van der Waals surface area contributed by atoms with Crippen LogP contribution in [0.3, 0.4) is 0 Å². The number of esters is 1. The second-order valence-electron chi connectivity index (χ2n) is 20.2. The van der Waals surface area contributed by atoms with Crippen molar-refractivity contribution in [2.24, 2.45) is 39.4 Å². The number of phenolic OH excluding ortho intramolecular Hbond substituents is 2. The summed E-state index contributed by atoms with van der Waals surface area (Å²) in [6, 6.07) is 3.61. The van der Waals surface area contributed by atoms with Crippen LogP contribution in [0.1, 0.15) is 150 Å². The number of aliphatic hydroxyl groups excluding tert-OH is 2. The lowest BCUT2D eigenvalue weighted by atomic mass is 9.44. The Morgan fingerprint density at radius 2 is 1.63 bits per heavy atom. The van der Waals surface area contributed by atoms with Gasteiger partial charge in [-0.25, -0.2) is 4.79 Å². The molecule has 2 fully saturated rings. The molecule has 2 saturated carbocycles. The summed E-state index contributed by atoms with van der Waals surface area (Å²) in [5.41, 5.74) is 2.57.